The molecule has 2 aromatic heterocycles. The summed E-state index contributed by atoms with van der Waals surface area (Å²) in [6, 6.07) is 6.19. The van der Waals surface area contributed by atoms with Crippen molar-refractivity contribution in [1.82, 2.24) is 5.16 Å². The maximum absolute atomic E-state index is 13.9. The lowest BCUT2D eigenvalue weighted by Crippen LogP contribution is -2.21. The summed E-state index contributed by atoms with van der Waals surface area (Å²) in [6.07, 6.45) is 0. The number of nitrogens with one attached hydrogen (secondary N) is 1. The van der Waals surface area contributed by atoms with E-state index in [1.165, 1.54) is 6.07 Å². The highest BCUT2D eigenvalue weighted by molar-refractivity contribution is 7.21. The van der Waals surface area contributed by atoms with Gasteiger partial charge in [-0.05, 0) is 31.5 Å². The van der Waals surface area contributed by atoms with E-state index >= 15 is 0 Å². The summed E-state index contributed by atoms with van der Waals surface area (Å²) in [5.41, 5.74) is 0.505. The van der Waals surface area contributed by atoms with E-state index < -0.39 is 18.5 Å². The second-order valence-electron chi connectivity index (χ2n) is 5.12. The summed E-state index contributed by atoms with van der Waals surface area (Å²) >= 11 is 1.13. The molecule has 3 aromatic rings. The van der Waals surface area contributed by atoms with Crippen molar-refractivity contribution in [3.63, 3.8) is 0 Å². The number of aryl methyl sites for hydroxylation is 2. The molecule has 0 unspecified atom stereocenters. The predicted octanol–water partition coefficient (Wildman–Crippen LogP) is 3.44. The fourth-order valence-electron chi connectivity index (χ4n) is 2.25. The van der Waals surface area contributed by atoms with Gasteiger partial charge in [-0.25, -0.2) is 9.18 Å². The molecule has 0 radical (unpaired) electrons. The average molecular weight is 348 g/mol. The van der Waals surface area contributed by atoms with Crippen LogP contribution in [0.1, 0.15) is 21.0 Å². The largest absolute Gasteiger partial charge is 0.451 e. The standard InChI is InChI=1S/C16H13FN2O4S/c1-8-6-12(19-23-8)18-13(20)7-22-16(21)15-9(2)14-10(17)4-3-5-11(14)24-15/h3-6H,7H2,1-2H3,(H,18,19,20). The SMILES string of the molecule is Cc1cc(NC(=O)COC(=O)c2sc3cccc(F)c3c2C)no1. The maximum atomic E-state index is 13.9. The molecule has 0 saturated carbocycles. The molecule has 0 aliphatic rings. The lowest BCUT2D eigenvalue weighted by molar-refractivity contribution is -0.119. The Kier molecular flexibility index (Phi) is 4.30. The van der Waals surface area contributed by atoms with Crippen molar-refractivity contribution in [3.8, 4) is 0 Å². The molecule has 0 aliphatic carbocycles. The fraction of sp³-hybridized carbons (Fsp3) is 0.188. The number of fused-ring (bicyclic) bond motifs is 1. The summed E-state index contributed by atoms with van der Waals surface area (Å²) in [5, 5.41) is 6.45. The maximum Gasteiger partial charge on any atom is 0.349 e. The van der Waals surface area contributed by atoms with Gasteiger partial charge in [0.15, 0.2) is 12.4 Å². The number of aromatic nitrogens is 1. The Balaban J connectivity index is 1.68. The third-order valence-corrected chi connectivity index (χ3v) is 4.56. The molecule has 24 heavy (non-hydrogen) atoms. The molecule has 0 atom stereocenters. The van der Waals surface area contributed by atoms with Gasteiger partial charge in [0.05, 0.1) is 0 Å². The molecule has 8 heteroatoms. The van der Waals surface area contributed by atoms with Crippen LogP contribution in [0.2, 0.25) is 0 Å². The first-order valence-electron chi connectivity index (χ1n) is 7.03. The molecule has 0 saturated heterocycles. The zero-order chi connectivity index (χ0) is 17.3. The predicted molar refractivity (Wildman–Crippen MR) is 86.7 cm³/mol. The second-order valence-corrected chi connectivity index (χ2v) is 6.17. The smallest absolute Gasteiger partial charge is 0.349 e. The van der Waals surface area contributed by atoms with Gasteiger partial charge < -0.3 is 14.6 Å². The number of benzene rings is 1. The number of hydrogen-bond donors (Lipinski definition) is 1. The molecule has 1 N–H and O–H groups in total. The Labute approximate surface area is 140 Å². The molecule has 0 spiro atoms. The van der Waals surface area contributed by atoms with Crippen LogP contribution in [0.5, 0.6) is 0 Å². The van der Waals surface area contributed by atoms with Crippen molar-refractivity contribution in [2.24, 2.45) is 0 Å². The second kappa shape index (κ2) is 6.40. The molecule has 6 nitrogen and oxygen atoms in total. The zero-order valence-electron chi connectivity index (χ0n) is 12.9. The lowest BCUT2D eigenvalue weighted by atomic mass is 10.1. The van der Waals surface area contributed by atoms with Gasteiger partial charge in [0.25, 0.3) is 5.91 Å². The number of halogens is 1. The summed E-state index contributed by atoms with van der Waals surface area (Å²) in [7, 11) is 0. The van der Waals surface area contributed by atoms with Crippen LogP contribution < -0.4 is 5.32 Å². The van der Waals surface area contributed by atoms with Crippen LogP contribution in [-0.2, 0) is 9.53 Å². The number of anilines is 1. The van der Waals surface area contributed by atoms with E-state index in [0.29, 0.717) is 21.4 Å². The number of amides is 1. The van der Waals surface area contributed by atoms with Gasteiger partial charge in [-0.3, -0.25) is 4.79 Å². The third-order valence-electron chi connectivity index (χ3n) is 3.32. The molecule has 1 aromatic carbocycles. The molecule has 0 bridgehead atoms. The average Bonchev–Trinajstić information content (AvgIpc) is 3.09. The number of rotatable bonds is 4. The molecule has 0 fully saturated rings. The molecule has 0 aliphatic heterocycles. The number of hydrogen-bond acceptors (Lipinski definition) is 6. The van der Waals surface area contributed by atoms with Crippen molar-refractivity contribution in [2.45, 2.75) is 13.8 Å². The Bertz CT molecular complexity index is 931. The highest BCUT2D eigenvalue weighted by Crippen LogP contribution is 2.32. The first kappa shape index (κ1) is 16.1. The van der Waals surface area contributed by atoms with Gasteiger partial charge >= 0.3 is 5.97 Å². The van der Waals surface area contributed by atoms with Crippen LogP contribution in [-0.4, -0.2) is 23.6 Å². The molecular weight excluding hydrogens is 335 g/mol. The first-order valence-corrected chi connectivity index (χ1v) is 7.85. The molecule has 2 heterocycles. The number of carbonyl (C=O) groups excluding carboxylic acids is 2. The Morgan fingerprint density at radius 3 is 2.83 bits per heavy atom. The van der Waals surface area contributed by atoms with Crippen LogP contribution in [0.4, 0.5) is 10.2 Å². The van der Waals surface area contributed by atoms with Gasteiger partial charge in [0, 0.05) is 16.2 Å². The summed E-state index contributed by atoms with van der Waals surface area (Å²) in [6.45, 7) is 2.86. The van der Waals surface area contributed by atoms with E-state index in [1.54, 1.807) is 32.0 Å². The quantitative estimate of drug-likeness (QED) is 0.731. The Morgan fingerprint density at radius 2 is 2.17 bits per heavy atom. The van der Waals surface area contributed by atoms with E-state index in [9.17, 15) is 14.0 Å². The van der Waals surface area contributed by atoms with E-state index in [1.807, 2.05) is 0 Å². The van der Waals surface area contributed by atoms with Crippen LogP contribution in [0.25, 0.3) is 10.1 Å². The number of ether oxygens (including phenoxy) is 1. The van der Waals surface area contributed by atoms with Crippen LogP contribution in [0.3, 0.4) is 0 Å². The summed E-state index contributed by atoms with van der Waals surface area (Å²) < 4.78 is 24.3. The minimum absolute atomic E-state index is 0.244. The topological polar surface area (TPSA) is 81.4 Å². The van der Waals surface area contributed by atoms with Gasteiger partial charge in [0.1, 0.15) is 16.5 Å². The number of esters is 1. The summed E-state index contributed by atoms with van der Waals surface area (Å²) in [5.74, 6) is -0.806. The fourth-order valence-corrected chi connectivity index (χ4v) is 3.37. The van der Waals surface area contributed by atoms with E-state index in [2.05, 4.69) is 10.5 Å². The van der Waals surface area contributed by atoms with E-state index in [4.69, 9.17) is 9.26 Å². The van der Waals surface area contributed by atoms with Crippen molar-refractivity contribution < 1.29 is 23.2 Å². The van der Waals surface area contributed by atoms with Crippen molar-refractivity contribution in [1.29, 1.82) is 0 Å². The minimum Gasteiger partial charge on any atom is -0.451 e. The molecule has 124 valence electrons. The van der Waals surface area contributed by atoms with E-state index in [0.717, 1.165) is 11.3 Å². The first-order chi connectivity index (χ1) is 11.5. The van der Waals surface area contributed by atoms with Crippen LogP contribution in [0.15, 0.2) is 28.8 Å². The van der Waals surface area contributed by atoms with Crippen molar-refractivity contribution >= 4 is 39.1 Å². The normalized spacial score (nSPS) is 10.8. The van der Waals surface area contributed by atoms with Crippen molar-refractivity contribution in [3.05, 3.63) is 46.3 Å². The monoisotopic (exact) mass is 348 g/mol. The summed E-state index contributed by atoms with van der Waals surface area (Å²) in [4.78, 5) is 24.2. The Hall–Kier alpha value is -2.74. The molecule has 3 rings (SSSR count). The number of nitrogens with zero attached hydrogens (tertiary/aromatic N) is 1. The van der Waals surface area contributed by atoms with Crippen LogP contribution >= 0.6 is 11.3 Å². The molecule has 1 amide bonds. The third kappa shape index (κ3) is 3.13. The lowest BCUT2D eigenvalue weighted by Gasteiger charge is -2.04. The van der Waals surface area contributed by atoms with Gasteiger partial charge in [-0.1, -0.05) is 11.2 Å². The highest BCUT2D eigenvalue weighted by atomic mass is 32.1. The number of carbonyl (C=O) groups is 2. The van der Waals surface area contributed by atoms with E-state index in [-0.39, 0.29) is 16.5 Å². The highest BCUT2D eigenvalue weighted by Gasteiger charge is 2.20. The van der Waals surface area contributed by atoms with Gasteiger partial charge in [-0.15, -0.1) is 11.3 Å². The Morgan fingerprint density at radius 1 is 1.38 bits per heavy atom. The molecular formula is C16H13FN2O4S. The minimum atomic E-state index is -0.667. The van der Waals surface area contributed by atoms with Crippen molar-refractivity contribution in [2.75, 3.05) is 11.9 Å². The van der Waals surface area contributed by atoms with Gasteiger partial charge in [0.2, 0.25) is 0 Å². The zero-order valence-corrected chi connectivity index (χ0v) is 13.7. The number of thiophene rings is 1. The van der Waals surface area contributed by atoms with Crippen LogP contribution in [0, 0.1) is 19.7 Å². The van der Waals surface area contributed by atoms with Gasteiger partial charge in [-0.2, -0.15) is 0 Å².